The smallest absolute Gasteiger partial charge is 0.169 e. The molecule has 0 N–H and O–H groups in total. The summed E-state index contributed by atoms with van der Waals surface area (Å²) < 4.78 is 6.11. The molecule has 12 heavy (non-hydrogen) atoms. The fraction of sp³-hybridized carbons (Fsp3) is 0.333. The van der Waals surface area contributed by atoms with E-state index >= 15 is 0 Å². The molecule has 0 aliphatic heterocycles. The third kappa shape index (κ3) is 2.79. The molecule has 1 aromatic rings. The number of alkyl halides is 1. The summed E-state index contributed by atoms with van der Waals surface area (Å²) in [7, 11) is 0. The van der Waals surface area contributed by atoms with Gasteiger partial charge in [0.15, 0.2) is 4.67 Å². The molecule has 0 fully saturated rings. The largest absolute Gasteiger partial charge is 0.450 e. The Morgan fingerprint density at radius 3 is 2.75 bits per heavy atom. The Morgan fingerprint density at radius 1 is 1.58 bits per heavy atom. The fourth-order valence-corrected chi connectivity index (χ4v) is 1.72. The minimum absolute atomic E-state index is 0.777. The molecule has 1 rings (SSSR count). The molecule has 66 valence electrons. The van der Waals surface area contributed by atoms with Gasteiger partial charge in [-0.1, -0.05) is 28.4 Å². The second-order valence-corrected chi connectivity index (χ2v) is 3.77. The number of rotatable bonds is 3. The van der Waals surface area contributed by atoms with Crippen molar-refractivity contribution in [2.75, 3.05) is 5.33 Å². The zero-order chi connectivity index (χ0) is 8.97. The molecule has 0 aliphatic carbocycles. The van der Waals surface area contributed by atoms with E-state index in [1.807, 2.05) is 12.1 Å². The van der Waals surface area contributed by atoms with Gasteiger partial charge in [0.2, 0.25) is 0 Å². The highest BCUT2D eigenvalue weighted by Gasteiger charge is 1.97. The average Bonchev–Trinajstić information content (AvgIpc) is 2.47. The average molecular weight is 294 g/mol. The highest BCUT2D eigenvalue weighted by Crippen LogP contribution is 2.18. The topological polar surface area (TPSA) is 13.1 Å². The third-order valence-corrected chi connectivity index (χ3v) is 2.71. The molecule has 0 bridgehead atoms. The quantitative estimate of drug-likeness (QED) is 0.760. The van der Waals surface area contributed by atoms with E-state index in [1.165, 1.54) is 5.57 Å². The Hall–Kier alpha value is -0.0200. The Bertz CT molecular complexity index is 270. The van der Waals surface area contributed by atoms with Crippen LogP contribution in [-0.2, 0) is 0 Å². The molecule has 0 radical (unpaired) electrons. The number of hydrogen-bond donors (Lipinski definition) is 0. The third-order valence-electron chi connectivity index (χ3n) is 1.57. The Balaban J connectivity index is 2.78. The molecule has 0 atom stereocenters. The molecule has 0 spiro atoms. The lowest BCUT2D eigenvalue weighted by Crippen LogP contribution is -1.79. The molecule has 0 saturated heterocycles. The van der Waals surface area contributed by atoms with Crippen molar-refractivity contribution in [2.45, 2.75) is 13.3 Å². The van der Waals surface area contributed by atoms with Gasteiger partial charge in [0.05, 0.1) is 0 Å². The highest BCUT2D eigenvalue weighted by molar-refractivity contribution is 9.10. The monoisotopic (exact) mass is 292 g/mol. The van der Waals surface area contributed by atoms with Gasteiger partial charge in [0.1, 0.15) is 5.76 Å². The zero-order valence-corrected chi connectivity index (χ0v) is 9.98. The molecule has 3 heteroatoms. The predicted molar refractivity (Wildman–Crippen MR) is 58.5 cm³/mol. The first-order valence-corrected chi connectivity index (χ1v) is 5.68. The summed E-state index contributed by atoms with van der Waals surface area (Å²) in [6.07, 6.45) is 3.10. The Labute approximate surface area is 89.1 Å². The highest BCUT2D eigenvalue weighted by atomic mass is 79.9. The Kier molecular flexibility index (Phi) is 4.09. The maximum absolute atomic E-state index is 5.34. The van der Waals surface area contributed by atoms with Crippen molar-refractivity contribution in [3.63, 3.8) is 0 Å². The molecule has 1 nitrogen and oxygen atoms in total. The van der Waals surface area contributed by atoms with Crippen LogP contribution >= 0.6 is 31.9 Å². The van der Waals surface area contributed by atoms with Gasteiger partial charge < -0.3 is 4.42 Å². The standard InChI is InChI=1S/C9H10Br2O/c1-2-7(6-10)5-8-3-4-9(11)12-8/h3-5H,2,6H2,1H3. The van der Waals surface area contributed by atoms with Gasteiger partial charge in [0, 0.05) is 5.33 Å². The summed E-state index contributed by atoms with van der Waals surface area (Å²) in [6.45, 7) is 2.13. The van der Waals surface area contributed by atoms with Gasteiger partial charge in [-0.15, -0.1) is 0 Å². The van der Waals surface area contributed by atoms with E-state index in [9.17, 15) is 0 Å². The lowest BCUT2D eigenvalue weighted by Gasteiger charge is -1.95. The normalized spacial score (nSPS) is 12.1. The molecule has 0 aliphatic rings. The van der Waals surface area contributed by atoms with Gasteiger partial charge in [-0.3, -0.25) is 0 Å². The minimum atomic E-state index is 0.777. The van der Waals surface area contributed by atoms with Crippen LogP contribution in [0.5, 0.6) is 0 Å². The van der Waals surface area contributed by atoms with E-state index in [4.69, 9.17) is 4.42 Å². The van der Waals surface area contributed by atoms with Crippen LogP contribution in [0.1, 0.15) is 19.1 Å². The fourth-order valence-electron chi connectivity index (χ4n) is 0.842. The lowest BCUT2D eigenvalue weighted by molar-refractivity contribution is 0.531. The first kappa shape index (κ1) is 10.1. The second kappa shape index (κ2) is 4.87. The molecule has 0 saturated carbocycles. The van der Waals surface area contributed by atoms with Gasteiger partial charge in [0.25, 0.3) is 0 Å². The van der Waals surface area contributed by atoms with Crippen LogP contribution in [0.3, 0.4) is 0 Å². The van der Waals surface area contributed by atoms with E-state index in [0.717, 1.165) is 22.2 Å². The molecule has 0 amide bonds. The van der Waals surface area contributed by atoms with Crippen molar-refractivity contribution < 1.29 is 4.42 Å². The first-order chi connectivity index (χ1) is 5.76. The van der Waals surface area contributed by atoms with Crippen molar-refractivity contribution in [2.24, 2.45) is 0 Å². The lowest BCUT2D eigenvalue weighted by atomic mass is 10.2. The van der Waals surface area contributed by atoms with Crippen molar-refractivity contribution in [1.82, 2.24) is 0 Å². The van der Waals surface area contributed by atoms with Crippen LogP contribution in [0.4, 0.5) is 0 Å². The number of hydrogen-bond acceptors (Lipinski definition) is 1. The molecular formula is C9H10Br2O. The van der Waals surface area contributed by atoms with Crippen LogP contribution in [-0.4, -0.2) is 5.33 Å². The molecule has 0 aromatic carbocycles. The molecule has 1 heterocycles. The van der Waals surface area contributed by atoms with Crippen molar-refractivity contribution >= 4 is 37.9 Å². The maximum atomic E-state index is 5.34. The molecule has 0 unspecified atom stereocenters. The van der Waals surface area contributed by atoms with Crippen LogP contribution in [0.15, 0.2) is 26.8 Å². The van der Waals surface area contributed by atoms with Crippen molar-refractivity contribution in [1.29, 1.82) is 0 Å². The van der Waals surface area contributed by atoms with E-state index in [1.54, 1.807) is 0 Å². The first-order valence-electron chi connectivity index (χ1n) is 3.77. The van der Waals surface area contributed by atoms with Crippen LogP contribution < -0.4 is 0 Å². The van der Waals surface area contributed by atoms with Crippen molar-refractivity contribution in [3.05, 3.63) is 28.1 Å². The summed E-state index contributed by atoms with van der Waals surface area (Å²) in [5, 5.41) is 0.905. The summed E-state index contributed by atoms with van der Waals surface area (Å²) in [5.74, 6) is 0.901. The van der Waals surface area contributed by atoms with Crippen molar-refractivity contribution in [3.8, 4) is 0 Å². The number of halogens is 2. The van der Waals surface area contributed by atoms with Gasteiger partial charge >= 0.3 is 0 Å². The summed E-state index contributed by atoms with van der Waals surface area (Å²) in [5.41, 5.74) is 1.33. The van der Waals surface area contributed by atoms with E-state index in [0.29, 0.717) is 0 Å². The predicted octanol–water partition coefficient (Wildman–Crippen LogP) is 4.23. The minimum Gasteiger partial charge on any atom is -0.450 e. The van der Waals surface area contributed by atoms with Gasteiger partial charge in [-0.25, -0.2) is 0 Å². The molecular weight excluding hydrogens is 284 g/mol. The van der Waals surface area contributed by atoms with E-state index in [-0.39, 0.29) is 0 Å². The summed E-state index contributed by atoms with van der Waals surface area (Å²) >= 11 is 6.68. The van der Waals surface area contributed by atoms with E-state index in [2.05, 4.69) is 44.9 Å². The maximum Gasteiger partial charge on any atom is 0.169 e. The van der Waals surface area contributed by atoms with E-state index < -0.39 is 0 Å². The van der Waals surface area contributed by atoms with Crippen LogP contribution in [0.2, 0.25) is 0 Å². The SMILES string of the molecule is CCC(=Cc1ccc(Br)o1)CBr. The number of furan rings is 1. The van der Waals surface area contributed by atoms with Crippen LogP contribution in [0.25, 0.3) is 6.08 Å². The molecule has 1 aromatic heterocycles. The number of allylic oxidation sites excluding steroid dienone is 1. The summed E-state index contributed by atoms with van der Waals surface area (Å²) in [4.78, 5) is 0. The zero-order valence-electron chi connectivity index (χ0n) is 6.81. The van der Waals surface area contributed by atoms with Gasteiger partial charge in [-0.2, -0.15) is 0 Å². The van der Waals surface area contributed by atoms with Gasteiger partial charge in [-0.05, 0) is 40.6 Å². The van der Waals surface area contributed by atoms with Crippen LogP contribution in [0, 0.1) is 0 Å². The summed E-state index contributed by atoms with van der Waals surface area (Å²) in [6, 6.07) is 3.84. The Morgan fingerprint density at radius 2 is 2.33 bits per heavy atom. The second-order valence-electron chi connectivity index (χ2n) is 2.43.